The first-order valence-corrected chi connectivity index (χ1v) is 6.08. The van der Waals surface area contributed by atoms with Crippen LogP contribution in [-0.4, -0.2) is 23.6 Å². The summed E-state index contributed by atoms with van der Waals surface area (Å²) in [5.74, 6) is -0.914. The molecule has 1 unspecified atom stereocenters. The fraction of sp³-hybridized carbons (Fsp3) is 0.462. The molecule has 6 nitrogen and oxygen atoms in total. The summed E-state index contributed by atoms with van der Waals surface area (Å²) in [7, 11) is 0. The van der Waals surface area contributed by atoms with E-state index in [4.69, 9.17) is 10.00 Å². The summed E-state index contributed by atoms with van der Waals surface area (Å²) >= 11 is 0. The molecule has 0 aromatic heterocycles. The predicted octanol–water partition coefficient (Wildman–Crippen LogP) is 2.31. The normalized spacial score (nSPS) is 12.0. The average Bonchev–Trinajstić information content (AvgIpc) is 2.36. The van der Waals surface area contributed by atoms with Gasteiger partial charge in [-0.3, -0.25) is 15.4 Å². The molecule has 0 aliphatic carbocycles. The topological polar surface area (TPSA) is 88.2 Å². The van der Waals surface area contributed by atoms with Gasteiger partial charge < -0.3 is 4.74 Å². The number of nitrogens with one attached hydrogen (secondary N) is 1. The summed E-state index contributed by atoms with van der Waals surface area (Å²) in [6, 6.07) is 3.59. The van der Waals surface area contributed by atoms with Gasteiger partial charge in [0.2, 0.25) is 0 Å². The van der Waals surface area contributed by atoms with Crippen LogP contribution in [0.3, 0.4) is 0 Å². The number of ether oxygens (including phenoxy) is 1. The summed E-state index contributed by atoms with van der Waals surface area (Å²) in [6.07, 6.45) is 0. The van der Waals surface area contributed by atoms with Crippen molar-refractivity contribution in [2.45, 2.75) is 32.9 Å². The lowest BCUT2D eigenvalue weighted by atomic mass is 10.2. The Hall–Kier alpha value is -2.20. The number of nitro groups is 1. The van der Waals surface area contributed by atoms with Crippen molar-refractivity contribution in [3.8, 4) is 11.8 Å². The van der Waals surface area contributed by atoms with Crippen LogP contribution in [-0.2, 0) is 0 Å². The van der Waals surface area contributed by atoms with Gasteiger partial charge in [0.15, 0.2) is 11.6 Å². The van der Waals surface area contributed by atoms with Gasteiger partial charge in [0.25, 0.3) is 5.69 Å². The molecule has 0 bridgehead atoms. The van der Waals surface area contributed by atoms with Crippen LogP contribution in [0, 0.1) is 34.2 Å². The molecule has 0 aliphatic heterocycles. The van der Waals surface area contributed by atoms with Crippen molar-refractivity contribution in [2.75, 3.05) is 6.61 Å². The molecule has 0 heterocycles. The number of nitrogens with zero attached hydrogens (tertiary/aromatic N) is 2. The smallest absolute Gasteiger partial charge is 0.275 e. The maximum Gasteiger partial charge on any atom is 0.275 e. The third-order valence-corrected chi connectivity index (χ3v) is 2.54. The quantitative estimate of drug-likeness (QED) is 0.638. The standard InChI is InChI=1S/C13H16FN3O3/c1-8(2)16-10(6-15)7-20-13-4-9(3)12(17(18)19)5-11(13)14/h4-5,8,10,16H,7H2,1-3H3. The van der Waals surface area contributed by atoms with Crippen molar-refractivity contribution in [3.63, 3.8) is 0 Å². The van der Waals surface area contributed by atoms with Gasteiger partial charge in [-0.15, -0.1) is 0 Å². The van der Waals surface area contributed by atoms with E-state index in [0.29, 0.717) is 5.56 Å². The fourth-order valence-electron chi connectivity index (χ4n) is 1.65. The molecule has 7 heteroatoms. The fourth-order valence-corrected chi connectivity index (χ4v) is 1.65. The molecule has 0 saturated carbocycles. The Bertz CT molecular complexity index is 540. The number of hydrogen-bond donors (Lipinski definition) is 1. The van der Waals surface area contributed by atoms with Crippen LogP contribution in [0.4, 0.5) is 10.1 Å². The minimum Gasteiger partial charge on any atom is -0.488 e. The second-order valence-corrected chi connectivity index (χ2v) is 4.64. The Morgan fingerprint density at radius 2 is 2.20 bits per heavy atom. The van der Waals surface area contributed by atoms with Gasteiger partial charge in [0.05, 0.1) is 17.1 Å². The number of benzene rings is 1. The van der Waals surface area contributed by atoms with Crippen LogP contribution < -0.4 is 10.1 Å². The highest BCUT2D eigenvalue weighted by molar-refractivity contribution is 5.45. The van der Waals surface area contributed by atoms with Crippen molar-refractivity contribution in [3.05, 3.63) is 33.6 Å². The summed E-state index contributed by atoms with van der Waals surface area (Å²) in [4.78, 5) is 10.0. The van der Waals surface area contributed by atoms with E-state index in [1.165, 1.54) is 13.0 Å². The molecule has 1 atom stereocenters. The number of hydrogen-bond acceptors (Lipinski definition) is 5. The molecule has 1 aromatic carbocycles. The van der Waals surface area contributed by atoms with E-state index in [9.17, 15) is 14.5 Å². The molecule has 1 aromatic rings. The van der Waals surface area contributed by atoms with E-state index < -0.39 is 16.8 Å². The summed E-state index contributed by atoms with van der Waals surface area (Å²) in [5.41, 5.74) is 0.00344. The molecular formula is C13H16FN3O3. The van der Waals surface area contributed by atoms with Crippen LogP contribution in [0.1, 0.15) is 19.4 Å². The van der Waals surface area contributed by atoms with E-state index in [2.05, 4.69) is 5.32 Å². The second kappa shape index (κ2) is 6.82. The van der Waals surface area contributed by atoms with Crippen molar-refractivity contribution in [1.29, 1.82) is 5.26 Å². The third kappa shape index (κ3) is 4.17. The molecule has 20 heavy (non-hydrogen) atoms. The first-order valence-electron chi connectivity index (χ1n) is 6.08. The van der Waals surface area contributed by atoms with Crippen LogP contribution in [0.2, 0.25) is 0 Å². The van der Waals surface area contributed by atoms with Crippen molar-refractivity contribution in [1.82, 2.24) is 5.32 Å². The zero-order valence-corrected chi connectivity index (χ0v) is 11.5. The highest BCUT2D eigenvalue weighted by atomic mass is 19.1. The Kier molecular flexibility index (Phi) is 5.41. The SMILES string of the molecule is Cc1cc(OCC(C#N)NC(C)C)c(F)cc1[N+](=O)[O-]. The Morgan fingerprint density at radius 3 is 2.70 bits per heavy atom. The average molecular weight is 281 g/mol. The maximum atomic E-state index is 13.7. The van der Waals surface area contributed by atoms with Gasteiger partial charge in [0, 0.05) is 11.6 Å². The zero-order valence-electron chi connectivity index (χ0n) is 11.5. The predicted molar refractivity (Wildman–Crippen MR) is 71.0 cm³/mol. The second-order valence-electron chi connectivity index (χ2n) is 4.64. The van der Waals surface area contributed by atoms with Crippen molar-refractivity contribution < 1.29 is 14.1 Å². The maximum absolute atomic E-state index is 13.7. The van der Waals surface area contributed by atoms with Crippen LogP contribution >= 0.6 is 0 Å². The number of aryl methyl sites for hydroxylation is 1. The van der Waals surface area contributed by atoms with Crippen LogP contribution in [0.15, 0.2) is 12.1 Å². The number of nitro benzene ring substituents is 1. The third-order valence-electron chi connectivity index (χ3n) is 2.54. The van der Waals surface area contributed by atoms with Gasteiger partial charge in [-0.05, 0) is 26.8 Å². The molecule has 0 amide bonds. The lowest BCUT2D eigenvalue weighted by Gasteiger charge is -2.15. The van der Waals surface area contributed by atoms with Crippen molar-refractivity contribution >= 4 is 5.69 Å². The van der Waals surface area contributed by atoms with E-state index in [0.717, 1.165) is 6.07 Å². The summed E-state index contributed by atoms with van der Waals surface area (Å²) in [5, 5.41) is 22.5. The minimum absolute atomic E-state index is 0.0388. The largest absolute Gasteiger partial charge is 0.488 e. The molecule has 108 valence electrons. The minimum atomic E-state index is -0.816. The van der Waals surface area contributed by atoms with Gasteiger partial charge in [-0.1, -0.05) is 0 Å². The molecule has 0 aliphatic rings. The highest BCUT2D eigenvalue weighted by Crippen LogP contribution is 2.27. The Balaban J connectivity index is 2.81. The summed E-state index contributed by atoms with van der Waals surface area (Å²) < 4.78 is 18.9. The van der Waals surface area contributed by atoms with E-state index >= 15 is 0 Å². The van der Waals surface area contributed by atoms with Crippen LogP contribution in [0.25, 0.3) is 0 Å². The lowest BCUT2D eigenvalue weighted by molar-refractivity contribution is -0.385. The zero-order chi connectivity index (χ0) is 15.3. The Morgan fingerprint density at radius 1 is 1.55 bits per heavy atom. The van der Waals surface area contributed by atoms with E-state index in [1.807, 2.05) is 19.9 Å². The molecule has 0 fully saturated rings. The molecule has 1 rings (SSSR count). The first kappa shape index (κ1) is 15.9. The van der Waals surface area contributed by atoms with Crippen molar-refractivity contribution in [2.24, 2.45) is 0 Å². The number of rotatable bonds is 6. The van der Waals surface area contributed by atoms with Gasteiger partial charge in [-0.2, -0.15) is 5.26 Å². The Labute approximate surface area is 116 Å². The van der Waals surface area contributed by atoms with Crippen LogP contribution in [0.5, 0.6) is 5.75 Å². The lowest BCUT2D eigenvalue weighted by Crippen LogP contribution is -2.38. The van der Waals surface area contributed by atoms with Gasteiger partial charge in [0.1, 0.15) is 12.6 Å². The molecule has 0 saturated heterocycles. The summed E-state index contributed by atoms with van der Waals surface area (Å²) in [6.45, 7) is 5.21. The van der Waals surface area contributed by atoms with E-state index in [1.54, 1.807) is 0 Å². The van der Waals surface area contributed by atoms with Gasteiger partial charge in [-0.25, -0.2) is 4.39 Å². The van der Waals surface area contributed by atoms with Gasteiger partial charge >= 0.3 is 0 Å². The molecule has 0 spiro atoms. The van der Waals surface area contributed by atoms with E-state index in [-0.39, 0.29) is 24.1 Å². The number of halogens is 1. The molecular weight excluding hydrogens is 265 g/mol. The monoisotopic (exact) mass is 281 g/mol. The highest BCUT2D eigenvalue weighted by Gasteiger charge is 2.17. The number of nitriles is 1. The molecule has 1 N–H and O–H groups in total. The molecule has 0 radical (unpaired) electrons. The first-order chi connectivity index (χ1) is 9.35.